The molecule has 0 atom stereocenters. The number of carbonyl (C=O) groups excluding carboxylic acids is 2. The van der Waals surface area contributed by atoms with Crippen LogP contribution in [-0.4, -0.2) is 23.8 Å². The molecule has 0 aliphatic carbocycles. The standard InChI is InChI=1S/C18H20N2O2/c1-3-15-11-7-8-12-16(15)19-17(21)18(22)20(2)13-14-9-5-4-6-10-14/h4-12H,3,13H2,1-2H3,(H,19,21). The first-order chi connectivity index (χ1) is 10.6. The van der Waals surface area contributed by atoms with Gasteiger partial charge in [-0.05, 0) is 23.6 Å². The molecular formula is C18H20N2O2. The van der Waals surface area contributed by atoms with Crippen LogP contribution in [0, 0.1) is 0 Å². The van der Waals surface area contributed by atoms with Crippen LogP contribution in [0.5, 0.6) is 0 Å². The van der Waals surface area contributed by atoms with Gasteiger partial charge in [0, 0.05) is 19.3 Å². The molecule has 0 aliphatic rings. The van der Waals surface area contributed by atoms with E-state index in [9.17, 15) is 9.59 Å². The zero-order chi connectivity index (χ0) is 15.9. The average molecular weight is 296 g/mol. The van der Waals surface area contributed by atoms with Gasteiger partial charge in [0.15, 0.2) is 0 Å². The molecule has 2 aromatic carbocycles. The number of rotatable bonds is 4. The molecule has 1 N–H and O–H groups in total. The molecule has 2 aromatic rings. The van der Waals surface area contributed by atoms with E-state index >= 15 is 0 Å². The summed E-state index contributed by atoms with van der Waals surface area (Å²) in [5, 5.41) is 2.70. The van der Waals surface area contributed by atoms with E-state index in [2.05, 4.69) is 5.32 Å². The molecular weight excluding hydrogens is 276 g/mol. The van der Waals surface area contributed by atoms with Crippen LogP contribution in [0.1, 0.15) is 18.1 Å². The van der Waals surface area contributed by atoms with Gasteiger partial charge < -0.3 is 10.2 Å². The monoisotopic (exact) mass is 296 g/mol. The normalized spacial score (nSPS) is 10.1. The molecule has 4 heteroatoms. The van der Waals surface area contributed by atoms with Crippen molar-refractivity contribution in [3.05, 3.63) is 65.7 Å². The number of carbonyl (C=O) groups is 2. The zero-order valence-electron chi connectivity index (χ0n) is 12.9. The predicted octanol–water partition coefficient (Wildman–Crippen LogP) is 2.85. The van der Waals surface area contributed by atoms with E-state index in [4.69, 9.17) is 0 Å². The van der Waals surface area contributed by atoms with Crippen molar-refractivity contribution in [3.63, 3.8) is 0 Å². The van der Waals surface area contributed by atoms with Gasteiger partial charge in [0.2, 0.25) is 0 Å². The van der Waals surface area contributed by atoms with Crippen molar-refractivity contribution < 1.29 is 9.59 Å². The second kappa shape index (κ2) is 7.41. The number of nitrogens with one attached hydrogen (secondary N) is 1. The molecule has 0 heterocycles. The van der Waals surface area contributed by atoms with Gasteiger partial charge in [-0.1, -0.05) is 55.5 Å². The summed E-state index contributed by atoms with van der Waals surface area (Å²) in [5.41, 5.74) is 2.69. The first-order valence-electron chi connectivity index (χ1n) is 7.30. The number of hydrogen-bond donors (Lipinski definition) is 1. The van der Waals surface area contributed by atoms with E-state index < -0.39 is 11.8 Å². The van der Waals surface area contributed by atoms with Crippen molar-refractivity contribution in [2.75, 3.05) is 12.4 Å². The van der Waals surface area contributed by atoms with Gasteiger partial charge in [-0.3, -0.25) is 9.59 Å². The van der Waals surface area contributed by atoms with Crippen LogP contribution >= 0.6 is 0 Å². The number of anilines is 1. The summed E-state index contributed by atoms with van der Waals surface area (Å²) >= 11 is 0. The molecule has 2 amide bonds. The highest BCUT2D eigenvalue weighted by atomic mass is 16.2. The number of para-hydroxylation sites is 1. The summed E-state index contributed by atoms with van der Waals surface area (Å²) in [6.07, 6.45) is 0.796. The van der Waals surface area contributed by atoms with E-state index in [0.717, 1.165) is 17.5 Å². The van der Waals surface area contributed by atoms with Gasteiger partial charge in [-0.25, -0.2) is 0 Å². The van der Waals surface area contributed by atoms with Crippen molar-refractivity contribution in [2.45, 2.75) is 19.9 Å². The lowest BCUT2D eigenvalue weighted by Gasteiger charge is -2.17. The van der Waals surface area contributed by atoms with Crippen molar-refractivity contribution in [1.82, 2.24) is 4.90 Å². The Morgan fingerprint density at radius 3 is 2.32 bits per heavy atom. The number of hydrogen-bond acceptors (Lipinski definition) is 2. The second-order valence-corrected chi connectivity index (χ2v) is 5.11. The van der Waals surface area contributed by atoms with Gasteiger partial charge in [-0.2, -0.15) is 0 Å². The van der Waals surface area contributed by atoms with E-state index in [-0.39, 0.29) is 0 Å². The Bertz CT molecular complexity index is 653. The van der Waals surface area contributed by atoms with Crippen LogP contribution in [-0.2, 0) is 22.6 Å². The Kier molecular flexibility index (Phi) is 5.31. The van der Waals surface area contributed by atoms with Crippen LogP contribution in [0.25, 0.3) is 0 Å². The minimum atomic E-state index is -0.612. The lowest BCUT2D eigenvalue weighted by Crippen LogP contribution is -2.36. The van der Waals surface area contributed by atoms with Gasteiger partial charge in [-0.15, -0.1) is 0 Å². The number of aryl methyl sites for hydroxylation is 1. The Labute approximate surface area is 130 Å². The maximum Gasteiger partial charge on any atom is 0.313 e. The third-order valence-electron chi connectivity index (χ3n) is 3.45. The van der Waals surface area contributed by atoms with Crippen molar-refractivity contribution in [3.8, 4) is 0 Å². The third kappa shape index (κ3) is 3.95. The topological polar surface area (TPSA) is 49.4 Å². The SMILES string of the molecule is CCc1ccccc1NC(=O)C(=O)N(C)Cc1ccccc1. The molecule has 0 aromatic heterocycles. The molecule has 0 spiro atoms. The molecule has 0 unspecified atom stereocenters. The number of nitrogens with zero attached hydrogens (tertiary/aromatic N) is 1. The van der Waals surface area contributed by atoms with Gasteiger partial charge in [0.25, 0.3) is 0 Å². The number of amides is 2. The first-order valence-corrected chi connectivity index (χ1v) is 7.30. The average Bonchev–Trinajstić information content (AvgIpc) is 2.55. The lowest BCUT2D eigenvalue weighted by molar-refractivity contribution is -0.142. The molecule has 0 saturated carbocycles. The highest BCUT2D eigenvalue weighted by Crippen LogP contribution is 2.15. The molecule has 2 rings (SSSR count). The fraction of sp³-hybridized carbons (Fsp3) is 0.222. The molecule has 0 fully saturated rings. The molecule has 22 heavy (non-hydrogen) atoms. The van der Waals surface area contributed by atoms with Gasteiger partial charge in [0.05, 0.1) is 0 Å². The molecule has 0 radical (unpaired) electrons. The molecule has 0 aliphatic heterocycles. The highest BCUT2D eigenvalue weighted by Gasteiger charge is 2.19. The van der Waals surface area contributed by atoms with Crippen molar-refractivity contribution in [1.29, 1.82) is 0 Å². The smallest absolute Gasteiger partial charge is 0.313 e. The maximum absolute atomic E-state index is 12.2. The number of likely N-dealkylation sites (N-methyl/N-ethyl adjacent to an activating group) is 1. The molecule has 114 valence electrons. The van der Waals surface area contributed by atoms with Crippen LogP contribution < -0.4 is 5.32 Å². The minimum absolute atomic E-state index is 0.405. The Hall–Kier alpha value is -2.62. The summed E-state index contributed by atoms with van der Waals surface area (Å²) in [6, 6.07) is 17.1. The fourth-order valence-electron chi connectivity index (χ4n) is 2.23. The highest BCUT2D eigenvalue weighted by molar-refractivity contribution is 6.39. The number of benzene rings is 2. The molecule has 4 nitrogen and oxygen atoms in total. The van der Waals surface area contributed by atoms with E-state index in [1.165, 1.54) is 4.90 Å². The summed E-state index contributed by atoms with van der Waals surface area (Å²) in [7, 11) is 1.63. The van der Waals surface area contributed by atoms with E-state index in [1.807, 2.05) is 55.5 Å². The zero-order valence-corrected chi connectivity index (χ0v) is 12.9. The van der Waals surface area contributed by atoms with Gasteiger partial charge >= 0.3 is 11.8 Å². The predicted molar refractivity (Wildman–Crippen MR) is 87.4 cm³/mol. The van der Waals surface area contributed by atoms with Crippen LogP contribution in [0.2, 0.25) is 0 Å². The summed E-state index contributed by atoms with van der Waals surface area (Å²) < 4.78 is 0. The Morgan fingerprint density at radius 1 is 1.00 bits per heavy atom. The minimum Gasteiger partial charge on any atom is -0.333 e. The van der Waals surface area contributed by atoms with Crippen LogP contribution in [0.4, 0.5) is 5.69 Å². The van der Waals surface area contributed by atoms with Crippen LogP contribution in [0.3, 0.4) is 0 Å². The first kappa shape index (κ1) is 15.8. The van der Waals surface area contributed by atoms with Crippen molar-refractivity contribution in [2.24, 2.45) is 0 Å². The van der Waals surface area contributed by atoms with E-state index in [0.29, 0.717) is 12.2 Å². The quantitative estimate of drug-likeness (QED) is 0.882. The molecule has 0 saturated heterocycles. The van der Waals surface area contributed by atoms with E-state index in [1.54, 1.807) is 13.1 Å². The fourth-order valence-corrected chi connectivity index (χ4v) is 2.23. The largest absolute Gasteiger partial charge is 0.333 e. The van der Waals surface area contributed by atoms with Crippen LogP contribution in [0.15, 0.2) is 54.6 Å². The third-order valence-corrected chi connectivity index (χ3v) is 3.45. The lowest BCUT2D eigenvalue weighted by atomic mass is 10.1. The Balaban J connectivity index is 2.01. The summed E-state index contributed by atoms with van der Waals surface area (Å²) in [6.45, 7) is 2.41. The molecule has 0 bridgehead atoms. The summed E-state index contributed by atoms with van der Waals surface area (Å²) in [5.74, 6) is -1.16. The summed E-state index contributed by atoms with van der Waals surface area (Å²) in [4.78, 5) is 25.7. The van der Waals surface area contributed by atoms with Crippen molar-refractivity contribution >= 4 is 17.5 Å². The van der Waals surface area contributed by atoms with Gasteiger partial charge in [0.1, 0.15) is 0 Å². The Morgan fingerprint density at radius 2 is 1.64 bits per heavy atom. The second-order valence-electron chi connectivity index (χ2n) is 5.11. The maximum atomic E-state index is 12.2.